The summed E-state index contributed by atoms with van der Waals surface area (Å²) in [4.78, 5) is 2.13. The van der Waals surface area contributed by atoms with Crippen molar-refractivity contribution in [2.24, 2.45) is 5.92 Å². The van der Waals surface area contributed by atoms with Crippen LogP contribution in [0.5, 0.6) is 5.75 Å². The summed E-state index contributed by atoms with van der Waals surface area (Å²) >= 11 is 0. The zero-order chi connectivity index (χ0) is 18.2. The largest absolute Gasteiger partial charge is 0.492 e. The van der Waals surface area contributed by atoms with Crippen LogP contribution in [-0.4, -0.2) is 70.5 Å². The van der Waals surface area contributed by atoms with Gasteiger partial charge in [-0.3, -0.25) is 0 Å². The Morgan fingerprint density at radius 3 is 2.81 bits per heavy atom. The zero-order valence-corrected chi connectivity index (χ0v) is 16.4. The Morgan fingerprint density at radius 2 is 2.08 bits per heavy atom. The Labute approximate surface area is 158 Å². The Balaban J connectivity index is 1.38. The minimum absolute atomic E-state index is 0.530. The molecule has 146 valence electrons. The third-order valence-corrected chi connectivity index (χ3v) is 5.59. The van der Waals surface area contributed by atoms with Crippen LogP contribution in [0.2, 0.25) is 0 Å². The Bertz CT molecular complexity index is 514. The highest BCUT2D eigenvalue weighted by atomic mass is 16.5. The summed E-state index contributed by atoms with van der Waals surface area (Å²) in [5.74, 6) is 1.67. The monoisotopic (exact) mass is 361 g/mol. The van der Waals surface area contributed by atoms with E-state index in [1.165, 1.54) is 24.8 Å². The molecular formula is C21H35N3O2. The van der Waals surface area contributed by atoms with E-state index in [-0.39, 0.29) is 0 Å². The van der Waals surface area contributed by atoms with Crippen LogP contribution in [-0.2, 0) is 11.2 Å². The number of rotatable bonds is 9. The van der Waals surface area contributed by atoms with E-state index >= 15 is 0 Å². The van der Waals surface area contributed by atoms with Gasteiger partial charge in [0.1, 0.15) is 12.4 Å². The summed E-state index contributed by atoms with van der Waals surface area (Å²) in [6, 6.07) is 9.72. The normalized spacial score (nSPS) is 26.3. The van der Waals surface area contributed by atoms with E-state index in [0.717, 1.165) is 51.6 Å². The maximum Gasteiger partial charge on any atom is 0.119 e. The van der Waals surface area contributed by atoms with Crippen LogP contribution in [0.1, 0.15) is 24.8 Å². The number of ether oxygens (including phenoxy) is 2. The van der Waals surface area contributed by atoms with Crippen LogP contribution in [0.15, 0.2) is 24.3 Å². The fourth-order valence-corrected chi connectivity index (χ4v) is 4.08. The summed E-state index contributed by atoms with van der Waals surface area (Å²) in [7, 11) is 4.12. The minimum atomic E-state index is 0.530. The lowest BCUT2D eigenvalue weighted by molar-refractivity contribution is 0.0526. The van der Waals surface area contributed by atoms with Gasteiger partial charge < -0.3 is 25.0 Å². The standard InChI is InChI=1S/C21H35N3O2/c1-24(2)13-15-26-18-8-6-17(7-9-18)10-11-22-20-5-3-4-19(20)21-16-25-14-12-23-21/h6-9,19-23H,3-5,10-16H2,1-2H3. The first-order valence-corrected chi connectivity index (χ1v) is 10.1. The lowest BCUT2D eigenvalue weighted by Gasteiger charge is -2.33. The van der Waals surface area contributed by atoms with Crippen molar-refractivity contribution in [3.63, 3.8) is 0 Å². The average molecular weight is 362 g/mol. The predicted molar refractivity (Wildman–Crippen MR) is 106 cm³/mol. The van der Waals surface area contributed by atoms with E-state index in [1.54, 1.807) is 0 Å². The molecule has 1 aliphatic heterocycles. The Kier molecular flexibility index (Phi) is 7.74. The molecule has 3 unspecified atom stereocenters. The molecule has 1 heterocycles. The van der Waals surface area contributed by atoms with Crippen LogP contribution >= 0.6 is 0 Å². The highest BCUT2D eigenvalue weighted by Crippen LogP contribution is 2.29. The number of benzene rings is 1. The molecule has 0 radical (unpaired) electrons. The molecule has 1 saturated carbocycles. The molecule has 2 aliphatic rings. The second-order valence-electron chi connectivity index (χ2n) is 7.84. The molecule has 5 heteroatoms. The summed E-state index contributed by atoms with van der Waals surface area (Å²) in [5.41, 5.74) is 1.37. The summed E-state index contributed by atoms with van der Waals surface area (Å²) < 4.78 is 11.4. The fraction of sp³-hybridized carbons (Fsp3) is 0.714. The minimum Gasteiger partial charge on any atom is -0.492 e. The van der Waals surface area contributed by atoms with Crippen molar-refractivity contribution in [2.75, 3.05) is 53.6 Å². The molecule has 2 N–H and O–H groups in total. The van der Waals surface area contributed by atoms with Crippen molar-refractivity contribution in [3.05, 3.63) is 29.8 Å². The molecule has 3 rings (SSSR count). The molecule has 26 heavy (non-hydrogen) atoms. The molecule has 1 aromatic rings. The quantitative estimate of drug-likeness (QED) is 0.704. The fourth-order valence-electron chi connectivity index (χ4n) is 4.08. The highest BCUT2D eigenvalue weighted by molar-refractivity contribution is 5.27. The van der Waals surface area contributed by atoms with Gasteiger partial charge in [0.15, 0.2) is 0 Å². The molecule has 0 aromatic heterocycles. The topological polar surface area (TPSA) is 45.8 Å². The van der Waals surface area contributed by atoms with Gasteiger partial charge in [0.25, 0.3) is 0 Å². The van der Waals surface area contributed by atoms with E-state index in [9.17, 15) is 0 Å². The van der Waals surface area contributed by atoms with Crippen molar-refractivity contribution in [1.82, 2.24) is 15.5 Å². The van der Waals surface area contributed by atoms with Crippen molar-refractivity contribution in [3.8, 4) is 5.75 Å². The van der Waals surface area contributed by atoms with Crippen molar-refractivity contribution >= 4 is 0 Å². The molecule has 0 bridgehead atoms. The first-order chi connectivity index (χ1) is 12.7. The first kappa shape index (κ1) is 19.6. The lowest BCUT2D eigenvalue weighted by atomic mass is 9.94. The van der Waals surface area contributed by atoms with Crippen molar-refractivity contribution < 1.29 is 9.47 Å². The predicted octanol–water partition coefficient (Wildman–Crippen LogP) is 1.92. The number of hydrogen-bond donors (Lipinski definition) is 2. The summed E-state index contributed by atoms with van der Waals surface area (Å²) in [6.45, 7) is 5.44. The number of hydrogen-bond acceptors (Lipinski definition) is 5. The maximum atomic E-state index is 5.76. The van der Waals surface area contributed by atoms with Crippen LogP contribution in [0, 0.1) is 5.92 Å². The number of nitrogens with one attached hydrogen (secondary N) is 2. The number of morpholine rings is 1. The summed E-state index contributed by atoms with van der Waals surface area (Å²) in [6.07, 6.45) is 5.01. The van der Waals surface area contributed by atoms with Gasteiger partial charge in [0.2, 0.25) is 0 Å². The third-order valence-electron chi connectivity index (χ3n) is 5.59. The summed E-state index contributed by atoms with van der Waals surface area (Å²) in [5, 5.41) is 7.45. The molecule has 5 nitrogen and oxygen atoms in total. The molecule has 3 atom stereocenters. The van der Waals surface area contributed by atoms with Gasteiger partial charge in [-0.1, -0.05) is 18.6 Å². The molecule has 1 aromatic carbocycles. The second kappa shape index (κ2) is 10.3. The van der Waals surface area contributed by atoms with Crippen LogP contribution in [0.4, 0.5) is 0 Å². The van der Waals surface area contributed by atoms with Gasteiger partial charge in [-0.2, -0.15) is 0 Å². The van der Waals surface area contributed by atoms with Crippen molar-refractivity contribution in [1.29, 1.82) is 0 Å². The van der Waals surface area contributed by atoms with Gasteiger partial charge in [0, 0.05) is 25.2 Å². The van der Waals surface area contributed by atoms with Gasteiger partial charge in [-0.15, -0.1) is 0 Å². The highest BCUT2D eigenvalue weighted by Gasteiger charge is 2.34. The van der Waals surface area contributed by atoms with Crippen LogP contribution in [0.25, 0.3) is 0 Å². The van der Waals surface area contributed by atoms with Gasteiger partial charge in [0.05, 0.1) is 13.2 Å². The third kappa shape index (κ3) is 5.95. The Morgan fingerprint density at radius 1 is 1.23 bits per heavy atom. The van der Waals surface area contributed by atoms with Crippen molar-refractivity contribution in [2.45, 2.75) is 37.8 Å². The SMILES string of the molecule is CN(C)CCOc1ccc(CCNC2CCCC2C2COCCN2)cc1. The number of likely N-dealkylation sites (N-methyl/N-ethyl adjacent to an activating group) is 1. The maximum absolute atomic E-state index is 5.76. The van der Waals surface area contributed by atoms with E-state index in [2.05, 4.69) is 53.9 Å². The molecular weight excluding hydrogens is 326 g/mol. The molecule has 0 spiro atoms. The molecule has 1 aliphatic carbocycles. The zero-order valence-electron chi connectivity index (χ0n) is 16.4. The van der Waals surface area contributed by atoms with Crippen LogP contribution < -0.4 is 15.4 Å². The van der Waals surface area contributed by atoms with E-state index in [0.29, 0.717) is 18.0 Å². The average Bonchev–Trinajstić information content (AvgIpc) is 3.12. The Hall–Kier alpha value is -1.14. The van der Waals surface area contributed by atoms with Gasteiger partial charge in [-0.25, -0.2) is 0 Å². The van der Waals surface area contributed by atoms with Crippen LogP contribution in [0.3, 0.4) is 0 Å². The molecule has 2 fully saturated rings. The number of nitrogens with zero attached hydrogens (tertiary/aromatic N) is 1. The molecule has 0 amide bonds. The van der Waals surface area contributed by atoms with E-state index in [1.807, 2.05) is 0 Å². The smallest absolute Gasteiger partial charge is 0.119 e. The second-order valence-corrected chi connectivity index (χ2v) is 7.84. The van der Waals surface area contributed by atoms with Gasteiger partial charge in [-0.05, 0) is 63.5 Å². The molecule has 1 saturated heterocycles. The van der Waals surface area contributed by atoms with Gasteiger partial charge >= 0.3 is 0 Å². The van der Waals surface area contributed by atoms with E-state index < -0.39 is 0 Å². The van der Waals surface area contributed by atoms with E-state index in [4.69, 9.17) is 9.47 Å². The lowest BCUT2D eigenvalue weighted by Crippen LogP contribution is -2.51. The first-order valence-electron chi connectivity index (χ1n) is 10.1.